The molecule has 3 N–H and O–H groups in total. The molecule has 0 aromatic carbocycles. The van der Waals surface area contributed by atoms with Gasteiger partial charge in [-0.1, -0.05) is 0 Å². The number of H-pyrrole nitrogens is 1. The lowest BCUT2D eigenvalue weighted by molar-refractivity contribution is -0.141. The number of aryl methyl sites for hydroxylation is 1. The molecule has 3 rings (SSSR count). The number of carbonyl (C=O) groups is 1. The molecule has 0 atom stereocenters. The van der Waals surface area contributed by atoms with Gasteiger partial charge in [0.25, 0.3) is 0 Å². The summed E-state index contributed by atoms with van der Waals surface area (Å²) < 4.78 is 39.5. The fraction of sp³-hybridized carbons (Fsp3) is 0.231. The molecule has 3 heterocycles. The summed E-state index contributed by atoms with van der Waals surface area (Å²) in [7, 11) is 0. The Bertz CT molecular complexity index is 883. The number of aromatic amines is 1. The zero-order valence-electron chi connectivity index (χ0n) is 12.3. The van der Waals surface area contributed by atoms with E-state index < -0.39 is 17.9 Å². The minimum absolute atomic E-state index is 0.158. The predicted octanol–water partition coefficient (Wildman–Crippen LogP) is 2.10. The van der Waals surface area contributed by atoms with E-state index in [2.05, 4.69) is 25.8 Å². The van der Waals surface area contributed by atoms with E-state index in [1.807, 2.05) is 12.0 Å². The average molecular weight is 339 g/mol. The third kappa shape index (κ3) is 3.14. The molecule has 126 valence electrons. The molecule has 0 aliphatic carbocycles. The van der Waals surface area contributed by atoms with E-state index in [1.165, 1.54) is 10.7 Å². The number of nitrogens with zero attached hydrogens (tertiary/aromatic N) is 4. The van der Waals surface area contributed by atoms with Crippen LogP contribution in [0.4, 0.5) is 23.7 Å². The monoisotopic (exact) mass is 339 g/mol. The van der Waals surface area contributed by atoms with Gasteiger partial charge in [0.2, 0.25) is 0 Å². The summed E-state index contributed by atoms with van der Waals surface area (Å²) in [6, 6.07) is -0.672. The molecule has 0 saturated heterocycles. The Hall–Kier alpha value is -3.11. The molecule has 0 bridgehead atoms. The number of hydrogen-bond donors (Lipinski definition) is 3. The molecule has 2 amide bonds. The lowest BCUT2D eigenvalue weighted by atomic mass is 10.2. The third-order valence-electron chi connectivity index (χ3n) is 3.23. The number of nitrogens with one attached hydrogen (secondary N) is 3. The van der Waals surface area contributed by atoms with Crippen LogP contribution in [0.25, 0.3) is 5.65 Å². The van der Waals surface area contributed by atoms with Gasteiger partial charge >= 0.3 is 12.2 Å². The number of amides is 2. The summed E-state index contributed by atoms with van der Waals surface area (Å²) in [5, 5.41) is 14.1. The maximum Gasteiger partial charge on any atom is 0.433 e. The first-order valence-electron chi connectivity index (χ1n) is 6.79. The van der Waals surface area contributed by atoms with Crippen LogP contribution in [0, 0.1) is 6.92 Å². The minimum atomic E-state index is -4.56. The summed E-state index contributed by atoms with van der Waals surface area (Å²) >= 11 is 0. The molecule has 0 unspecified atom stereocenters. The largest absolute Gasteiger partial charge is 0.433 e. The van der Waals surface area contributed by atoms with Gasteiger partial charge in [-0.25, -0.2) is 14.3 Å². The third-order valence-corrected chi connectivity index (χ3v) is 3.23. The summed E-state index contributed by atoms with van der Waals surface area (Å²) in [5.74, 6) is 0. The zero-order valence-corrected chi connectivity index (χ0v) is 12.3. The second kappa shape index (κ2) is 5.83. The quantitative estimate of drug-likeness (QED) is 0.680. The Balaban J connectivity index is 1.64. The van der Waals surface area contributed by atoms with Crippen LogP contribution >= 0.6 is 0 Å². The number of urea groups is 1. The first-order chi connectivity index (χ1) is 11.3. The van der Waals surface area contributed by atoms with E-state index in [0.717, 1.165) is 11.8 Å². The van der Waals surface area contributed by atoms with Crippen molar-refractivity contribution in [2.24, 2.45) is 0 Å². The fourth-order valence-corrected chi connectivity index (χ4v) is 2.10. The SMILES string of the molecule is Cc1cnn2cc(NC(=O)NCc3cn[nH]c3C(F)(F)F)cnc12. The number of halogens is 3. The number of alkyl halides is 3. The van der Waals surface area contributed by atoms with Crippen LogP contribution in [0.1, 0.15) is 16.8 Å². The zero-order chi connectivity index (χ0) is 17.3. The van der Waals surface area contributed by atoms with Gasteiger partial charge in [0, 0.05) is 17.7 Å². The minimum Gasteiger partial charge on any atom is -0.334 e. The van der Waals surface area contributed by atoms with Crippen LogP contribution in [-0.2, 0) is 12.7 Å². The van der Waals surface area contributed by atoms with Crippen molar-refractivity contribution >= 4 is 17.4 Å². The highest BCUT2D eigenvalue weighted by atomic mass is 19.4. The number of fused-ring (bicyclic) bond motifs is 1. The normalized spacial score (nSPS) is 11.7. The van der Waals surface area contributed by atoms with Gasteiger partial charge in [0.15, 0.2) is 5.65 Å². The van der Waals surface area contributed by atoms with Crippen molar-refractivity contribution in [3.05, 3.63) is 41.6 Å². The molecule has 0 aliphatic rings. The summed E-state index contributed by atoms with van der Waals surface area (Å²) in [5.41, 5.74) is 0.734. The lowest BCUT2D eigenvalue weighted by Crippen LogP contribution is -2.29. The van der Waals surface area contributed by atoms with Gasteiger partial charge in [-0.15, -0.1) is 0 Å². The van der Waals surface area contributed by atoms with Crippen molar-refractivity contribution in [1.29, 1.82) is 0 Å². The second-order valence-corrected chi connectivity index (χ2v) is 5.01. The van der Waals surface area contributed by atoms with Crippen molar-refractivity contribution in [2.75, 3.05) is 5.32 Å². The van der Waals surface area contributed by atoms with Gasteiger partial charge in [-0.3, -0.25) is 5.10 Å². The molecule has 0 radical (unpaired) electrons. The first-order valence-corrected chi connectivity index (χ1v) is 6.79. The molecule has 3 aromatic heterocycles. The Labute approximate surface area is 133 Å². The number of rotatable bonds is 3. The maximum atomic E-state index is 12.7. The fourth-order valence-electron chi connectivity index (χ4n) is 2.10. The van der Waals surface area contributed by atoms with Gasteiger partial charge in [0.05, 0.1) is 30.5 Å². The molecular formula is C13H12F3N7O. The van der Waals surface area contributed by atoms with E-state index in [-0.39, 0.29) is 12.1 Å². The summed E-state index contributed by atoms with van der Waals surface area (Å²) in [6.45, 7) is 1.52. The topological polar surface area (TPSA) is 100 Å². The molecule has 0 aliphatic heterocycles. The number of carbonyl (C=O) groups excluding carboxylic acids is 1. The van der Waals surface area contributed by atoms with Gasteiger partial charge in [-0.05, 0) is 6.92 Å². The molecule has 3 aromatic rings. The Morgan fingerprint density at radius 2 is 2.12 bits per heavy atom. The molecule has 0 saturated carbocycles. The van der Waals surface area contributed by atoms with Crippen molar-refractivity contribution in [3.8, 4) is 0 Å². The van der Waals surface area contributed by atoms with E-state index in [4.69, 9.17) is 0 Å². The highest BCUT2D eigenvalue weighted by Gasteiger charge is 2.35. The Morgan fingerprint density at radius 3 is 2.88 bits per heavy atom. The van der Waals surface area contributed by atoms with Crippen LogP contribution in [-0.4, -0.2) is 30.8 Å². The molecule has 8 nitrogen and oxygen atoms in total. The van der Waals surface area contributed by atoms with E-state index in [9.17, 15) is 18.0 Å². The lowest BCUT2D eigenvalue weighted by Gasteiger charge is -2.09. The number of aromatic nitrogens is 5. The molecular weight excluding hydrogens is 327 g/mol. The summed E-state index contributed by atoms with van der Waals surface area (Å²) in [4.78, 5) is 16.0. The van der Waals surface area contributed by atoms with E-state index >= 15 is 0 Å². The number of hydrogen-bond acceptors (Lipinski definition) is 4. The van der Waals surface area contributed by atoms with Crippen LogP contribution in [0.5, 0.6) is 0 Å². The maximum absolute atomic E-state index is 12.7. The molecule has 24 heavy (non-hydrogen) atoms. The smallest absolute Gasteiger partial charge is 0.334 e. The van der Waals surface area contributed by atoms with Crippen molar-refractivity contribution in [3.63, 3.8) is 0 Å². The van der Waals surface area contributed by atoms with Crippen LogP contribution < -0.4 is 10.6 Å². The van der Waals surface area contributed by atoms with Gasteiger partial charge in [-0.2, -0.15) is 23.4 Å². The first kappa shape index (κ1) is 15.8. The van der Waals surface area contributed by atoms with Crippen LogP contribution in [0.3, 0.4) is 0 Å². The highest BCUT2D eigenvalue weighted by Crippen LogP contribution is 2.29. The predicted molar refractivity (Wildman–Crippen MR) is 77.2 cm³/mol. The van der Waals surface area contributed by atoms with Crippen molar-refractivity contribution < 1.29 is 18.0 Å². The molecule has 0 spiro atoms. The number of anilines is 1. The van der Waals surface area contributed by atoms with Crippen molar-refractivity contribution in [2.45, 2.75) is 19.6 Å². The van der Waals surface area contributed by atoms with Crippen LogP contribution in [0.2, 0.25) is 0 Å². The average Bonchev–Trinajstić information content (AvgIpc) is 3.12. The Kier molecular flexibility index (Phi) is 3.83. The van der Waals surface area contributed by atoms with Gasteiger partial charge < -0.3 is 10.6 Å². The molecule has 0 fully saturated rings. The second-order valence-electron chi connectivity index (χ2n) is 5.01. The standard InChI is InChI=1S/C13H12F3N7O/c1-7-2-20-23-6-9(5-17-11(7)23)21-12(24)18-3-8-4-19-22-10(8)13(14,15)16/h2,4-6H,3H2,1H3,(H,19,22)(H2,18,21,24). The summed E-state index contributed by atoms with van der Waals surface area (Å²) in [6.07, 6.45) is 1.07. The van der Waals surface area contributed by atoms with Crippen LogP contribution in [0.15, 0.2) is 24.8 Å². The van der Waals surface area contributed by atoms with Gasteiger partial charge in [0.1, 0.15) is 5.69 Å². The van der Waals surface area contributed by atoms with E-state index in [1.54, 1.807) is 12.4 Å². The highest BCUT2D eigenvalue weighted by molar-refractivity contribution is 5.88. The van der Waals surface area contributed by atoms with E-state index in [0.29, 0.717) is 11.3 Å². The molecule has 11 heteroatoms. The Morgan fingerprint density at radius 1 is 1.33 bits per heavy atom. The van der Waals surface area contributed by atoms with Crippen molar-refractivity contribution in [1.82, 2.24) is 30.1 Å².